The van der Waals surface area contributed by atoms with Gasteiger partial charge < -0.3 is 5.11 Å². The van der Waals surface area contributed by atoms with Gasteiger partial charge in [0.2, 0.25) is 0 Å². The number of hydrogen-bond donors (Lipinski definition) is 1. The van der Waals surface area contributed by atoms with E-state index in [0.29, 0.717) is 5.92 Å². The summed E-state index contributed by atoms with van der Waals surface area (Å²) < 4.78 is 2.02. The maximum atomic E-state index is 10.4. The van der Waals surface area contributed by atoms with Gasteiger partial charge >= 0.3 is 0 Å². The van der Waals surface area contributed by atoms with E-state index in [4.69, 9.17) is 0 Å². The molecule has 1 fully saturated rings. The highest BCUT2D eigenvalue weighted by molar-refractivity contribution is 5.10. The molecule has 1 N–H and O–H groups in total. The molecule has 1 saturated carbocycles. The Hall–Kier alpha value is -0.830. The minimum Gasteiger partial charge on any atom is -0.392 e. The van der Waals surface area contributed by atoms with Crippen LogP contribution in [-0.4, -0.2) is 21.0 Å². The van der Waals surface area contributed by atoms with Crippen LogP contribution in [0.1, 0.15) is 56.8 Å². The molecule has 3 heteroatoms. The molecule has 1 aliphatic rings. The van der Waals surface area contributed by atoms with Crippen LogP contribution in [0.5, 0.6) is 0 Å². The molecule has 18 heavy (non-hydrogen) atoms. The number of hydrogen-bond acceptors (Lipinski definition) is 2. The SMILES string of the molecule is CCn1nc(C)cc1CC(O)C1CCCCCC1. The van der Waals surface area contributed by atoms with E-state index in [1.807, 2.05) is 11.6 Å². The van der Waals surface area contributed by atoms with Crippen LogP contribution in [0.2, 0.25) is 0 Å². The summed E-state index contributed by atoms with van der Waals surface area (Å²) in [6.45, 7) is 5.02. The molecule has 102 valence electrons. The second-order valence-corrected chi connectivity index (χ2v) is 5.62. The van der Waals surface area contributed by atoms with Gasteiger partial charge in [0, 0.05) is 18.7 Å². The van der Waals surface area contributed by atoms with E-state index < -0.39 is 0 Å². The van der Waals surface area contributed by atoms with Crippen LogP contribution >= 0.6 is 0 Å². The molecular weight excluding hydrogens is 224 g/mol. The number of nitrogens with zero attached hydrogens (tertiary/aromatic N) is 2. The molecule has 0 saturated heterocycles. The Morgan fingerprint density at radius 3 is 2.61 bits per heavy atom. The van der Waals surface area contributed by atoms with Crippen LogP contribution in [0.3, 0.4) is 0 Å². The Balaban J connectivity index is 1.98. The quantitative estimate of drug-likeness (QED) is 0.834. The first kappa shape index (κ1) is 13.6. The molecule has 0 amide bonds. The van der Waals surface area contributed by atoms with E-state index in [1.165, 1.54) is 44.2 Å². The van der Waals surface area contributed by atoms with Gasteiger partial charge in [-0.05, 0) is 38.7 Å². The summed E-state index contributed by atoms with van der Waals surface area (Å²) in [4.78, 5) is 0. The van der Waals surface area contributed by atoms with Gasteiger partial charge in [0.1, 0.15) is 0 Å². The van der Waals surface area contributed by atoms with Crippen molar-refractivity contribution >= 4 is 0 Å². The van der Waals surface area contributed by atoms with Crippen molar-refractivity contribution in [1.82, 2.24) is 9.78 Å². The van der Waals surface area contributed by atoms with Gasteiger partial charge in [-0.15, -0.1) is 0 Å². The van der Waals surface area contributed by atoms with E-state index in [0.717, 1.165) is 18.7 Å². The zero-order valence-corrected chi connectivity index (χ0v) is 11.7. The molecular formula is C15H26N2O. The van der Waals surface area contributed by atoms with Crippen LogP contribution in [0.4, 0.5) is 0 Å². The fourth-order valence-corrected chi connectivity index (χ4v) is 3.11. The van der Waals surface area contributed by atoms with Crippen molar-refractivity contribution < 1.29 is 5.11 Å². The third-order valence-electron chi connectivity index (χ3n) is 4.15. The minimum absolute atomic E-state index is 0.190. The van der Waals surface area contributed by atoms with Gasteiger partial charge in [-0.1, -0.05) is 25.7 Å². The van der Waals surface area contributed by atoms with Gasteiger partial charge in [-0.3, -0.25) is 4.68 Å². The molecule has 0 radical (unpaired) electrons. The Kier molecular flexibility index (Phi) is 4.81. The van der Waals surface area contributed by atoms with Crippen LogP contribution in [0.15, 0.2) is 6.07 Å². The lowest BCUT2D eigenvalue weighted by molar-refractivity contribution is 0.0966. The van der Waals surface area contributed by atoms with Crippen molar-refractivity contribution in [2.24, 2.45) is 5.92 Å². The zero-order chi connectivity index (χ0) is 13.0. The molecule has 2 rings (SSSR count). The molecule has 1 atom stereocenters. The smallest absolute Gasteiger partial charge is 0.0623 e. The highest BCUT2D eigenvalue weighted by atomic mass is 16.3. The van der Waals surface area contributed by atoms with Gasteiger partial charge in [0.15, 0.2) is 0 Å². The van der Waals surface area contributed by atoms with Crippen molar-refractivity contribution in [2.75, 3.05) is 0 Å². The monoisotopic (exact) mass is 250 g/mol. The van der Waals surface area contributed by atoms with Gasteiger partial charge in [0.05, 0.1) is 11.8 Å². The van der Waals surface area contributed by atoms with Crippen molar-refractivity contribution in [3.63, 3.8) is 0 Å². The van der Waals surface area contributed by atoms with E-state index >= 15 is 0 Å². The van der Waals surface area contributed by atoms with Crippen LogP contribution in [0, 0.1) is 12.8 Å². The fraction of sp³-hybridized carbons (Fsp3) is 0.800. The standard InChI is InChI=1S/C15H26N2O/c1-3-17-14(10-12(2)16-17)11-15(18)13-8-6-4-5-7-9-13/h10,13,15,18H,3-9,11H2,1-2H3. The summed E-state index contributed by atoms with van der Waals surface area (Å²) in [5.41, 5.74) is 2.24. The van der Waals surface area contributed by atoms with E-state index in [1.54, 1.807) is 0 Å². The summed E-state index contributed by atoms with van der Waals surface area (Å²) >= 11 is 0. The van der Waals surface area contributed by atoms with Gasteiger partial charge in [-0.25, -0.2) is 0 Å². The Labute approximate surface area is 110 Å². The molecule has 1 aliphatic carbocycles. The third kappa shape index (κ3) is 3.35. The van der Waals surface area contributed by atoms with Crippen LogP contribution < -0.4 is 0 Å². The number of aryl methyl sites for hydroxylation is 2. The highest BCUT2D eigenvalue weighted by Gasteiger charge is 2.22. The lowest BCUT2D eigenvalue weighted by Gasteiger charge is -2.21. The predicted octanol–water partition coefficient (Wildman–Crippen LogP) is 3.09. The topological polar surface area (TPSA) is 38.0 Å². The molecule has 0 bridgehead atoms. The molecule has 1 unspecified atom stereocenters. The second-order valence-electron chi connectivity index (χ2n) is 5.62. The first-order valence-electron chi connectivity index (χ1n) is 7.42. The number of rotatable bonds is 4. The Morgan fingerprint density at radius 1 is 1.33 bits per heavy atom. The molecule has 1 aromatic rings. The molecule has 1 aromatic heterocycles. The zero-order valence-electron chi connectivity index (χ0n) is 11.7. The average molecular weight is 250 g/mol. The van der Waals surface area contributed by atoms with Gasteiger partial charge in [0.25, 0.3) is 0 Å². The summed E-state index contributed by atoms with van der Waals surface area (Å²) in [5, 5.41) is 14.9. The summed E-state index contributed by atoms with van der Waals surface area (Å²) in [6.07, 6.45) is 8.22. The summed E-state index contributed by atoms with van der Waals surface area (Å²) in [6, 6.07) is 2.11. The minimum atomic E-state index is -0.190. The number of aliphatic hydroxyl groups excluding tert-OH is 1. The van der Waals surface area contributed by atoms with Crippen molar-refractivity contribution in [3.05, 3.63) is 17.5 Å². The Bertz CT molecular complexity index is 365. The number of aliphatic hydroxyl groups is 1. The number of aromatic nitrogens is 2. The molecule has 0 aromatic carbocycles. The largest absolute Gasteiger partial charge is 0.392 e. The summed E-state index contributed by atoms with van der Waals surface area (Å²) in [5.74, 6) is 0.494. The van der Waals surface area contributed by atoms with Gasteiger partial charge in [-0.2, -0.15) is 5.10 Å². The van der Waals surface area contributed by atoms with E-state index in [2.05, 4.69) is 18.1 Å². The first-order valence-corrected chi connectivity index (χ1v) is 7.42. The van der Waals surface area contributed by atoms with Crippen molar-refractivity contribution in [3.8, 4) is 0 Å². The maximum absolute atomic E-state index is 10.4. The maximum Gasteiger partial charge on any atom is 0.0623 e. The highest BCUT2D eigenvalue weighted by Crippen LogP contribution is 2.27. The molecule has 1 heterocycles. The average Bonchev–Trinajstić information content (AvgIpc) is 2.58. The lowest BCUT2D eigenvalue weighted by atomic mass is 9.91. The molecule has 0 spiro atoms. The molecule has 3 nitrogen and oxygen atoms in total. The first-order chi connectivity index (χ1) is 8.70. The normalized spacial score (nSPS) is 19.7. The summed E-state index contributed by atoms with van der Waals surface area (Å²) in [7, 11) is 0. The lowest BCUT2D eigenvalue weighted by Crippen LogP contribution is -2.24. The van der Waals surface area contributed by atoms with Crippen LogP contribution in [-0.2, 0) is 13.0 Å². The van der Waals surface area contributed by atoms with Crippen molar-refractivity contribution in [1.29, 1.82) is 0 Å². The molecule has 0 aliphatic heterocycles. The van der Waals surface area contributed by atoms with E-state index in [9.17, 15) is 5.11 Å². The fourth-order valence-electron chi connectivity index (χ4n) is 3.11. The third-order valence-corrected chi connectivity index (χ3v) is 4.15. The Morgan fingerprint density at radius 2 is 2.00 bits per heavy atom. The van der Waals surface area contributed by atoms with Crippen LogP contribution in [0.25, 0.3) is 0 Å². The van der Waals surface area contributed by atoms with E-state index in [-0.39, 0.29) is 6.10 Å². The second kappa shape index (κ2) is 6.37. The predicted molar refractivity (Wildman–Crippen MR) is 73.5 cm³/mol. The van der Waals surface area contributed by atoms with Crippen molar-refractivity contribution in [2.45, 2.75) is 71.4 Å².